The average Bonchev–Trinajstić information content (AvgIpc) is 2.57. The van der Waals surface area contributed by atoms with Gasteiger partial charge in [-0.1, -0.05) is 44.4 Å². The number of benzene rings is 1. The molecule has 0 aliphatic heterocycles. The molecule has 140 valence electrons. The standard InChI is InChI=1S/C18H23F3O4/c1-2-3-4-7-12-24-16(22)10-11-17(23)25-13-14-8-5-6-9-15(14)18(19,20)21/h5-6,8-9H,2-4,7,10-13H2,1H3. The molecule has 1 aromatic rings. The Kier molecular flexibility index (Phi) is 9.02. The van der Waals surface area contributed by atoms with Crippen molar-refractivity contribution in [3.8, 4) is 0 Å². The summed E-state index contributed by atoms with van der Waals surface area (Å²) in [6.45, 7) is 1.90. The first kappa shape index (κ1) is 21.0. The van der Waals surface area contributed by atoms with Crippen LogP contribution in [0.25, 0.3) is 0 Å². The van der Waals surface area contributed by atoms with E-state index in [0.29, 0.717) is 6.61 Å². The molecular formula is C18H23F3O4. The summed E-state index contributed by atoms with van der Waals surface area (Å²) < 4.78 is 48.3. The molecular weight excluding hydrogens is 337 g/mol. The van der Waals surface area contributed by atoms with Crippen LogP contribution in [-0.2, 0) is 31.8 Å². The van der Waals surface area contributed by atoms with Crippen LogP contribution in [0.2, 0.25) is 0 Å². The number of unbranched alkanes of at least 4 members (excludes halogenated alkanes) is 3. The Morgan fingerprint density at radius 2 is 1.60 bits per heavy atom. The summed E-state index contributed by atoms with van der Waals surface area (Å²) in [5, 5.41) is 0. The van der Waals surface area contributed by atoms with E-state index in [9.17, 15) is 22.8 Å². The van der Waals surface area contributed by atoms with E-state index in [1.807, 2.05) is 0 Å². The lowest BCUT2D eigenvalue weighted by molar-refractivity contribution is -0.152. The lowest BCUT2D eigenvalue weighted by atomic mass is 10.1. The van der Waals surface area contributed by atoms with Crippen molar-refractivity contribution in [3.05, 3.63) is 35.4 Å². The lowest BCUT2D eigenvalue weighted by Crippen LogP contribution is -2.13. The molecule has 0 aliphatic rings. The summed E-state index contributed by atoms with van der Waals surface area (Å²) in [4.78, 5) is 23.0. The second-order valence-electron chi connectivity index (χ2n) is 5.60. The Balaban J connectivity index is 2.31. The van der Waals surface area contributed by atoms with Crippen molar-refractivity contribution in [1.82, 2.24) is 0 Å². The van der Waals surface area contributed by atoms with Crippen LogP contribution in [0.4, 0.5) is 13.2 Å². The Hall–Kier alpha value is -2.05. The van der Waals surface area contributed by atoms with Crippen molar-refractivity contribution < 1.29 is 32.2 Å². The fraction of sp³-hybridized carbons (Fsp3) is 0.556. The summed E-state index contributed by atoms with van der Waals surface area (Å²) in [6, 6.07) is 4.89. The minimum Gasteiger partial charge on any atom is -0.466 e. The zero-order chi connectivity index (χ0) is 18.7. The van der Waals surface area contributed by atoms with Gasteiger partial charge in [-0.3, -0.25) is 9.59 Å². The number of carbonyl (C=O) groups is 2. The molecule has 0 unspecified atom stereocenters. The number of hydrogen-bond acceptors (Lipinski definition) is 4. The molecule has 0 fully saturated rings. The van der Waals surface area contributed by atoms with E-state index in [2.05, 4.69) is 6.92 Å². The number of halogens is 3. The van der Waals surface area contributed by atoms with Gasteiger partial charge in [-0.05, 0) is 12.5 Å². The molecule has 7 heteroatoms. The molecule has 0 radical (unpaired) electrons. The monoisotopic (exact) mass is 360 g/mol. The highest BCUT2D eigenvalue weighted by molar-refractivity contribution is 5.77. The quantitative estimate of drug-likeness (QED) is 0.450. The molecule has 0 saturated carbocycles. The summed E-state index contributed by atoms with van der Waals surface area (Å²) in [5.41, 5.74) is -0.962. The van der Waals surface area contributed by atoms with Gasteiger partial charge in [0.25, 0.3) is 0 Å². The highest BCUT2D eigenvalue weighted by Crippen LogP contribution is 2.32. The first-order chi connectivity index (χ1) is 11.8. The maximum Gasteiger partial charge on any atom is 0.416 e. The third kappa shape index (κ3) is 8.56. The number of carbonyl (C=O) groups excluding carboxylic acids is 2. The van der Waals surface area contributed by atoms with E-state index >= 15 is 0 Å². The zero-order valence-corrected chi connectivity index (χ0v) is 14.2. The number of alkyl halides is 3. The normalized spacial score (nSPS) is 11.2. The largest absolute Gasteiger partial charge is 0.466 e. The topological polar surface area (TPSA) is 52.6 Å². The molecule has 0 aliphatic carbocycles. The van der Waals surface area contributed by atoms with Gasteiger partial charge >= 0.3 is 18.1 Å². The van der Waals surface area contributed by atoms with Crippen molar-refractivity contribution in [2.75, 3.05) is 6.61 Å². The van der Waals surface area contributed by atoms with Gasteiger partial charge in [-0.25, -0.2) is 0 Å². The van der Waals surface area contributed by atoms with Crippen LogP contribution < -0.4 is 0 Å². The molecule has 0 bridgehead atoms. The molecule has 1 rings (SSSR count). The minimum absolute atomic E-state index is 0.123. The molecule has 0 heterocycles. The lowest BCUT2D eigenvalue weighted by Gasteiger charge is -2.12. The fourth-order valence-corrected chi connectivity index (χ4v) is 2.14. The second-order valence-corrected chi connectivity index (χ2v) is 5.60. The summed E-state index contributed by atoms with van der Waals surface area (Å²) >= 11 is 0. The Bertz CT molecular complexity index is 555. The Morgan fingerprint density at radius 1 is 0.960 bits per heavy atom. The highest BCUT2D eigenvalue weighted by Gasteiger charge is 2.33. The van der Waals surface area contributed by atoms with Gasteiger partial charge in [-0.2, -0.15) is 13.2 Å². The van der Waals surface area contributed by atoms with Crippen molar-refractivity contribution in [3.63, 3.8) is 0 Å². The van der Waals surface area contributed by atoms with Crippen LogP contribution in [0.15, 0.2) is 24.3 Å². The van der Waals surface area contributed by atoms with E-state index in [1.165, 1.54) is 18.2 Å². The molecule has 4 nitrogen and oxygen atoms in total. The number of rotatable bonds is 10. The second kappa shape index (κ2) is 10.7. The predicted octanol–water partition coefficient (Wildman–Crippen LogP) is 4.65. The molecule has 0 amide bonds. The molecule has 0 N–H and O–H groups in total. The Morgan fingerprint density at radius 3 is 2.24 bits per heavy atom. The summed E-state index contributed by atoms with van der Waals surface area (Å²) in [5.74, 6) is -1.25. The average molecular weight is 360 g/mol. The smallest absolute Gasteiger partial charge is 0.416 e. The molecule has 0 aromatic heterocycles. The van der Waals surface area contributed by atoms with Crippen molar-refractivity contribution in [2.24, 2.45) is 0 Å². The van der Waals surface area contributed by atoms with Gasteiger partial charge in [0.15, 0.2) is 0 Å². The Labute approximate surface area is 145 Å². The van der Waals surface area contributed by atoms with E-state index in [-0.39, 0.29) is 18.4 Å². The highest BCUT2D eigenvalue weighted by atomic mass is 19.4. The van der Waals surface area contributed by atoms with Gasteiger partial charge < -0.3 is 9.47 Å². The molecule has 0 spiro atoms. The molecule has 1 aromatic carbocycles. The predicted molar refractivity (Wildman–Crippen MR) is 85.6 cm³/mol. The number of esters is 2. The van der Waals surface area contributed by atoms with Gasteiger partial charge in [0, 0.05) is 5.56 Å². The van der Waals surface area contributed by atoms with E-state index < -0.39 is 30.3 Å². The van der Waals surface area contributed by atoms with Crippen molar-refractivity contribution in [2.45, 2.75) is 58.2 Å². The third-order valence-electron chi connectivity index (χ3n) is 3.51. The molecule has 0 atom stereocenters. The van der Waals surface area contributed by atoms with Crippen LogP contribution in [0.3, 0.4) is 0 Å². The molecule has 25 heavy (non-hydrogen) atoms. The van der Waals surface area contributed by atoms with Gasteiger partial charge in [0.05, 0.1) is 25.0 Å². The fourth-order valence-electron chi connectivity index (χ4n) is 2.14. The third-order valence-corrected chi connectivity index (χ3v) is 3.51. The maximum atomic E-state index is 12.8. The minimum atomic E-state index is -4.51. The number of ether oxygens (including phenoxy) is 2. The van der Waals surface area contributed by atoms with E-state index in [0.717, 1.165) is 31.7 Å². The van der Waals surface area contributed by atoms with Gasteiger partial charge in [-0.15, -0.1) is 0 Å². The van der Waals surface area contributed by atoms with Crippen LogP contribution >= 0.6 is 0 Å². The number of hydrogen-bond donors (Lipinski definition) is 0. The van der Waals surface area contributed by atoms with Crippen LogP contribution in [0.5, 0.6) is 0 Å². The van der Waals surface area contributed by atoms with Crippen LogP contribution in [-0.4, -0.2) is 18.5 Å². The van der Waals surface area contributed by atoms with Gasteiger partial charge in [0.2, 0.25) is 0 Å². The van der Waals surface area contributed by atoms with Crippen LogP contribution in [0, 0.1) is 0 Å². The zero-order valence-electron chi connectivity index (χ0n) is 14.2. The first-order valence-electron chi connectivity index (χ1n) is 8.31. The van der Waals surface area contributed by atoms with Crippen molar-refractivity contribution >= 4 is 11.9 Å². The SMILES string of the molecule is CCCCCCOC(=O)CCC(=O)OCc1ccccc1C(F)(F)F. The summed E-state index contributed by atoms with van der Waals surface area (Å²) in [6.07, 6.45) is -0.969. The van der Waals surface area contributed by atoms with Gasteiger partial charge in [0.1, 0.15) is 6.61 Å². The molecule has 0 saturated heterocycles. The van der Waals surface area contributed by atoms with E-state index in [1.54, 1.807) is 0 Å². The van der Waals surface area contributed by atoms with Crippen LogP contribution in [0.1, 0.15) is 56.6 Å². The summed E-state index contributed by atoms with van der Waals surface area (Å²) in [7, 11) is 0. The van der Waals surface area contributed by atoms with E-state index in [4.69, 9.17) is 9.47 Å². The first-order valence-corrected chi connectivity index (χ1v) is 8.31. The maximum absolute atomic E-state index is 12.8. The van der Waals surface area contributed by atoms with Crippen molar-refractivity contribution in [1.29, 1.82) is 0 Å².